The van der Waals surface area contributed by atoms with E-state index in [1.807, 2.05) is 0 Å². The first-order valence-electron chi connectivity index (χ1n) is 1.56. The Morgan fingerprint density at radius 2 is 1.10 bits per heavy atom. The van der Waals surface area contributed by atoms with Crippen LogP contribution < -0.4 is 0 Å². The van der Waals surface area contributed by atoms with E-state index in [1.54, 1.807) is 0 Å². The van der Waals surface area contributed by atoms with Crippen LogP contribution in [-0.4, -0.2) is 22.2 Å². The molecule has 0 amide bonds. The highest BCUT2D eigenvalue weighted by molar-refractivity contribution is 8.93. The fraction of sp³-hybridized carbons (Fsp3) is 0.333. The van der Waals surface area contributed by atoms with E-state index in [0.717, 1.165) is 0 Å². The molecule has 0 radical (unpaired) electrons. The Kier molecular flexibility index (Phi) is 27.1. The summed E-state index contributed by atoms with van der Waals surface area (Å²) in [5.41, 5.74) is 0. The normalized spacial score (nSPS) is 5.60. The van der Waals surface area contributed by atoms with Crippen LogP contribution in [0.2, 0.25) is 0 Å². The molecule has 0 saturated heterocycles. The highest BCUT2D eigenvalue weighted by Gasteiger charge is 2.01. The van der Waals surface area contributed by atoms with Crippen LogP contribution in [0.15, 0.2) is 0 Å². The second-order valence-corrected chi connectivity index (χ2v) is 0.964. The zero-order chi connectivity index (χ0) is 5.86. The van der Waals surface area contributed by atoms with Gasteiger partial charge in [-0.1, -0.05) is 0 Å². The van der Waals surface area contributed by atoms with Gasteiger partial charge in [-0.3, -0.25) is 9.59 Å². The molecular weight excluding hydrogens is 340 g/mol. The average molecular weight is 347 g/mol. The maximum atomic E-state index is 9.43. The number of halogens is 3. The van der Waals surface area contributed by atoms with Crippen LogP contribution >= 0.6 is 50.9 Å². The first-order valence-corrected chi connectivity index (χ1v) is 1.56. The van der Waals surface area contributed by atoms with Gasteiger partial charge in [-0.05, 0) is 0 Å². The molecule has 0 aliphatic heterocycles. The van der Waals surface area contributed by atoms with Crippen LogP contribution in [0.3, 0.4) is 0 Å². The van der Waals surface area contributed by atoms with Gasteiger partial charge in [0.05, 0.1) is 0 Å². The zero-order valence-corrected chi connectivity index (χ0v) is 9.78. The third-order valence-corrected chi connectivity index (χ3v) is 0.302. The number of hydrogen-bond acceptors (Lipinski definition) is 2. The first-order chi connectivity index (χ1) is 3.13. The van der Waals surface area contributed by atoms with Crippen molar-refractivity contribution in [3.05, 3.63) is 0 Å². The largest absolute Gasteiger partial charge is 0.481 e. The molecule has 2 N–H and O–H groups in total. The van der Waals surface area contributed by atoms with Crippen LogP contribution in [0.1, 0.15) is 6.42 Å². The summed E-state index contributed by atoms with van der Waals surface area (Å²) in [6, 6.07) is 0. The van der Waals surface area contributed by atoms with Crippen molar-refractivity contribution in [2.24, 2.45) is 0 Å². The molecule has 0 aliphatic carbocycles. The van der Waals surface area contributed by atoms with Crippen molar-refractivity contribution < 1.29 is 19.8 Å². The molecule has 0 saturated carbocycles. The fourth-order valence-electron chi connectivity index (χ4n) is 0.129. The second-order valence-electron chi connectivity index (χ2n) is 0.964. The van der Waals surface area contributed by atoms with E-state index in [-0.39, 0.29) is 50.9 Å². The Hall–Kier alpha value is 0.380. The summed E-state index contributed by atoms with van der Waals surface area (Å²) in [6.07, 6.45) is -0.806. The van der Waals surface area contributed by atoms with Crippen molar-refractivity contribution in [3.8, 4) is 0 Å². The molecule has 0 aromatic heterocycles. The Morgan fingerprint density at radius 1 is 0.900 bits per heavy atom. The molecule has 0 aromatic rings. The predicted molar refractivity (Wildman–Crippen MR) is 50.9 cm³/mol. The van der Waals surface area contributed by atoms with E-state index in [9.17, 15) is 9.59 Å². The van der Waals surface area contributed by atoms with Crippen LogP contribution in [0.25, 0.3) is 0 Å². The molecule has 4 nitrogen and oxygen atoms in total. The summed E-state index contributed by atoms with van der Waals surface area (Å²) in [5.74, 6) is -2.62. The summed E-state index contributed by atoms with van der Waals surface area (Å²) in [5, 5.41) is 15.4. The van der Waals surface area contributed by atoms with E-state index >= 15 is 0 Å². The lowest BCUT2D eigenvalue weighted by Gasteiger charge is -1.80. The molecule has 0 spiro atoms. The van der Waals surface area contributed by atoms with Gasteiger partial charge in [-0.2, -0.15) is 0 Å². The maximum absolute atomic E-state index is 9.43. The number of hydrogen-bond donors (Lipinski definition) is 2. The van der Waals surface area contributed by atoms with Gasteiger partial charge in [0, 0.05) is 0 Å². The van der Waals surface area contributed by atoms with E-state index in [4.69, 9.17) is 10.2 Å². The predicted octanol–water partition coefficient (Wildman–Crippen LogP) is 1.28. The summed E-state index contributed by atoms with van der Waals surface area (Å²) in [6.45, 7) is 0. The number of carbonyl (C=O) groups is 2. The molecule has 64 valence electrons. The molecule has 0 bridgehead atoms. The van der Waals surface area contributed by atoms with Crippen molar-refractivity contribution in [3.63, 3.8) is 0 Å². The molecule has 10 heavy (non-hydrogen) atoms. The molecule has 0 unspecified atom stereocenters. The first kappa shape index (κ1) is 22.4. The fourth-order valence-corrected chi connectivity index (χ4v) is 0.129. The minimum absolute atomic E-state index is 0. The zero-order valence-electron chi connectivity index (χ0n) is 4.64. The quantitative estimate of drug-likeness (QED) is 0.739. The van der Waals surface area contributed by atoms with Crippen LogP contribution in [0.4, 0.5) is 0 Å². The van der Waals surface area contributed by atoms with Gasteiger partial charge in [0.2, 0.25) is 0 Å². The summed E-state index contributed by atoms with van der Waals surface area (Å²) in [4.78, 5) is 18.9. The van der Waals surface area contributed by atoms with Gasteiger partial charge in [-0.15, -0.1) is 50.9 Å². The van der Waals surface area contributed by atoms with E-state index in [1.165, 1.54) is 0 Å². The average Bonchev–Trinajstić information content (AvgIpc) is 1.27. The molecule has 0 fully saturated rings. The van der Waals surface area contributed by atoms with Gasteiger partial charge in [0.25, 0.3) is 0 Å². The molecule has 0 aliphatic rings. The Bertz CT molecular complexity index is 91.9. The highest BCUT2D eigenvalue weighted by Crippen LogP contribution is 1.74. The van der Waals surface area contributed by atoms with Gasteiger partial charge in [0.1, 0.15) is 6.42 Å². The van der Waals surface area contributed by atoms with Crippen LogP contribution in [0, 0.1) is 0 Å². The third kappa shape index (κ3) is 23.8. The third-order valence-electron chi connectivity index (χ3n) is 0.302. The van der Waals surface area contributed by atoms with Crippen molar-refractivity contribution in [1.82, 2.24) is 0 Å². The SMILES string of the molecule is Br.Br.Br.O=C(O)CC(=O)O. The Balaban J connectivity index is -0.0000000600. The van der Waals surface area contributed by atoms with Crippen LogP contribution in [-0.2, 0) is 9.59 Å². The molecule has 7 heteroatoms. The second kappa shape index (κ2) is 12.1. The lowest BCUT2D eigenvalue weighted by atomic mass is 10.5. The number of carboxylic acid groups (broad SMARTS) is 2. The monoisotopic (exact) mass is 344 g/mol. The molecular formula is C3H7Br3O4. The number of carboxylic acids is 2. The summed E-state index contributed by atoms with van der Waals surface area (Å²) < 4.78 is 0. The highest BCUT2D eigenvalue weighted by atomic mass is 79.9. The van der Waals surface area contributed by atoms with E-state index in [2.05, 4.69) is 0 Å². The molecule has 0 atom stereocenters. The van der Waals surface area contributed by atoms with Crippen molar-refractivity contribution in [2.45, 2.75) is 6.42 Å². The Morgan fingerprint density at radius 3 is 1.10 bits per heavy atom. The summed E-state index contributed by atoms with van der Waals surface area (Å²) in [7, 11) is 0. The molecule has 0 aromatic carbocycles. The minimum Gasteiger partial charge on any atom is -0.481 e. The van der Waals surface area contributed by atoms with Gasteiger partial charge < -0.3 is 10.2 Å². The number of rotatable bonds is 2. The maximum Gasteiger partial charge on any atom is 0.314 e. The molecule has 0 rings (SSSR count). The van der Waals surface area contributed by atoms with Gasteiger partial charge >= 0.3 is 11.9 Å². The topological polar surface area (TPSA) is 74.6 Å². The smallest absolute Gasteiger partial charge is 0.314 e. The Labute approximate surface area is 88.9 Å². The number of aliphatic carboxylic acids is 2. The van der Waals surface area contributed by atoms with Gasteiger partial charge in [-0.25, -0.2) is 0 Å². The van der Waals surface area contributed by atoms with Crippen LogP contribution in [0.5, 0.6) is 0 Å². The lowest BCUT2D eigenvalue weighted by molar-refractivity contribution is -0.147. The standard InChI is InChI=1S/C3H4O4.3BrH/c4-2(5)1-3(6)7;;;/h1H2,(H,4,5)(H,6,7);3*1H. The van der Waals surface area contributed by atoms with Crippen molar-refractivity contribution >= 4 is 62.9 Å². The van der Waals surface area contributed by atoms with E-state index < -0.39 is 18.4 Å². The van der Waals surface area contributed by atoms with Gasteiger partial charge in [0.15, 0.2) is 0 Å². The van der Waals surface area contributed by atoms with Crippen molar-refractivity contribution in [2.75, 3.05) is 0 Å². The minimum atomic E-state index is -1.31. The van der Waals surface area contributed by atoms with E-state index in [0.29, 0.717) is 0 Å². The lowest BCUT2D eigenvalue weighted by Crippen LogP contribution is -2.03. The van der Waals surface area contributed by atoms with Crippen molar-refractivity contribution in [1.29, 1.82) is 0 Å². The summed E-state index contributed by atoms with van der Waals surface area (Å²) >= 11 is 0. The molecule has 0 heterocycles.